The number of hydrogen-bond acceptors (Lipinski definition) is 2. The van der Waals surface area contributed by atoms with Gasteiger partial charge >= 0.3 is 0 Å². The first-order valence-corrected chi connectivity index (χ1v) is 7.01. The average Bonchev–Trinajstić information content (AvgIpc) is 2.78. The Hall–Kier alpha value is -1.42. The average molecular weight is 261 g/mol. The first kappa shape index (κ1) is 12.6. The summed E-state index contributed by atoms with van der Waals surface area (Å²) in [5.74, 6) is 0.870. The van der Waals surface area contributed by atoms with E-state index in [1.54, 1.807) is 0 Å². The monoisotopic (exact) mass is 261 g/mol. The van der Waals surface area contributed by atoms with Crippen molar-refractivity contribution in [3.63, 3.8) is 0 Å². The molecule has 1 N–H and O–H groups in total. The number of imidazole rings is 1. The van der Waals surface area contributed by atoms with Crippen LogP contribution in [0.25, 0.3) is 11.0 Å². The van der Waals surface area contributed by atoms with E-state index in [0.29, 0.717) is 0 Å². The van der Waals surface area contributed by atoms with E-state index in [-0.39, 0.29) is 11.2 Å². The summed E-state index contributed by atoms with van der Waals surface area (Å²) in [6.45, 7) is 7.26. The van der Waals surface area contributed by atoms with Crippen LogP contribution in [0.1, 0.15) is 32.5 Å². The highest BCUT2D eigenvalue weighted by atomic mass is 19.1. The van der Waals surface area contributed by atoms with Crippen molar-refractivity contribution in [3.8, 4) is 0 Å². The van der Waals surface area contributed by atoms with Gasteiger partial charge in [0, 0.05) is 24.6 Å². The van der Waals surface area contributed by atoms with Gasteiger partial charge in [-0.25, -0.2) is 9.37 Å². The van der Waals surface area contributed by atoms with Crippen LogP contribution < -0.4 is 5.32 Å². The van der Waals surface area contributed by atoms with E-state index in [2.05, 4.69) is 23.7 Å². The molecule has 0 radical (unpaired) electrons. The molecule has 0 bridgehead atoms. The molecule has 3 nitrogen and oxygen atoms in total. The van der Waals surface area contributed by atoms with Crippen LogP contribution in [0.3, 0.4) is 0 Å². The second-order valence-corrected chi connectivity index (χ2v) is 5.65. The number of benzene rings is 1. The van der Waals surface area contributed by atoms with Crippen molar-refractivity contribution in [1.82, 2.24) is 14.9 Å². The third-order valence-electron chi connectivity index (χ3n) is 4.16. The Morgan fingerprint density at radius 1 is 1.47 bits per heavy atom. The van der Waals surface area contributed by atoms with Crippen LogP contribution >= 0.6 is 0 Å². The smallest absolute Gasteiger partial charge is 0.125 e. The summed E-state index contributed by atoms with van der Waals surface area (Å²) in [5, 5.41) is 3.45. The SMILES string of the molecule is CCn1c(C2(C)CCCNC2)nc2cc(F)ccc21. The standard InChI is InChI=1S/C15H20FN3/c1-3-19-13-6-5-11(16)9-12(13)18-14(19)15(2)7-4-8-17-10-15/h5-6,9,17H,3-4,7-8,10H2,1-2H3. The van der Waals surface area contributed by atoms with E-state index in [4.69, 9.17) is 4.98 Å². The van der Waals surface area contributed by atoms with Crippen LogP contribution in [0.5, 0.6) is 0 Å². The van der Waals surface area contributed by atoms with E-state index in [0.717, 1.165) is 49.3 Å². The number of halogens is 1. The minimum absolute atomic E-state index is 0.0454. The molecular weight excluding hydrogens is 241 g/mol. The van der Waals surface area contributed by atoms with Gasteiger partial charge in [-0.05, 0) is 38.4 Å². The second kappa shape index (κ2) is 4.60. The summed E-state index contributed by atoms with van der Waals surface area (Å²) >= 11 is 0. The summed E-state index contributed by atoms with van der Waals surface area (Å²) in [4.78, 5) is 4.72. The molecule has 1 fully saturated rings. The van der Waals surface area contributed by atoms with E-state index in [9.17, 15) is 4.39 Å². The minimum Gasteiger partial charge on any atom is -0.328 e. The van der Waals surface area contributed by atoms with Crippen LogP contribution in [0, 0.1) is 5.82 Å². The fourth-order valence-corrected chi connectivity index (χ4v) is 3.13. The van der Waals surface area contributed by atoms with Gasteiger partial charge in [0.05, 0.1) is 11.0 Å². The van der Waals surface area contributed by atoms with Crippen molar-refractivity contribution in [2.75, 3.05) is 13.1 Å². The van der Waals surface area contributed by atoms with Gasteiger partial charge in [-0.3, -0.25) is 0 Å². The van der Waals surface area contributed by atoms with E-state index >= 15 is 0 Å². The quantitative estimate of drug-likeness (QED) is 0.901. The molecule has 0 amide bonds. The number of nitrogens with zero attached hydrogens (tertiary/aromatic N) is 2. The van der Waals surface area contributed by atoms with Crippen LogP contribution in [-0.4, -0.2) is 22.6 Å². The number of aryl methyl sites for hydroxylation is 1. The normalized spacial score (nSPS) is 23.9. The van der Waals surface area contributed by atoms with Crippen molar-refractivity contribution >= 4 is 11.0 Å². The van der Waals surface area contributed by atoms with Gasteiger partial charge in [0.25, 0.3) is 0 Å². The van der Waals surface area contributed by atoms with Crippen LogP contribution in [0.4, 0.5) is 4.39 Å². The number of rotatable bonds is 2. The molecule has 1 unspecified atom stereocenters. The first-order chi connectivity index (χ1) is 9.14. The predicted molar refractivity (Wildman–Crippen MR) is 74.8 cm³/mol. The molecule has 4 heteroatoms. The molecule has 1 saturated heterocycles. The Balaban J connectivity index is 2.17. The molecule has 1 aliphatic rings. The van der Waals surface area contributed by atoms with Gasteiger partial charge in [0.1, 0.15) is 11.6 Å². The van der Waals surface area contributed by atoms with Gasteiger partial charge in [-0.15, -0.1) is 0 Å². The Bertz CT molecular complexity index is 597. The highest BCUT2D eigenvalue weighted by molar-refractivity contribution is 5.76. The summed E-state index contributed by atoms with van der Waals surface area (Å²) in [6, 6.07) is 4.89. The van der Waals surface area contributed by atoms with Crippen molar-refractivity contribution < 1.29 is 4.39 Å². The number of aromatic nitrogens is 2. The lowest BCUT2D eigenvalue weighted by Crippen LogP contribution is -2.42. The highest BCUT2D eigenvalue weighted by Gasteiger charge is 2.33. The number of hydrogen-bond donors (Lipinski definition) is 1. The Labute approximate surface area is 112 Å². The lowest BCUT2D eigenvalue weighted by atomic mass is 9.82. The maximum absolute atomic E-state index is 13.4. The summed E-state index contributed by atoms with van der Waals surface area (Å²) in [7, 11) is 0. The predicted octanol–water partition coefficient (Wildman–Crippen LogP) is 2.84. The molecular formula is C15H20FN3. The zero-order valence-electron chi connectivity index (χ0n) is 11.5. The summed E-state index contributed by atoms with van der Waals surface area (Å²) in [6.07, 6.45) is 2.30. The zero-order chi connectivity index (χ0) is 13.5. The van der Waals surface area contributed by atoms with E-state index in [1.807, 2.05) is 6.07 Å². The number of fused-ring (bicyclic) bond motifs is 1. The van der Waals surface area contributed by atoms with Crippen LogP contribution in [-0.2, 0) is 12.0 Å². The molecule has 3 rings (SSSR count). The molecule has 0 aliphatic carbocycles. The molecule has 19 heavy (non-hydrogen) atoms. The van der Waals surface area contributed by atoms with Crippen molar-refractivity contribution in [2.24, 2.45) is 0 Å². The molecule has 1 aliphatic heterocycles. The molecule has 1 atom stereocenters. The van der Waals surface area contributed by atoms with Gasteiger partial charge in [-0.1, -0.05) is 6.92 Å². The van der Waals surface area contributed by atoms with Crippen molar-refractivity contribution in [2.45, 2.75) is 38.6 Å². The zero-order valence-corrected chi connectivity index (χ0v) is 11.5. The minimum atomic E-state index is -0.216. The molecule has 0 saturated carbocycles. The van der Waals surface area contributed by atoms with Crippen molar-refractivity contribution in [1.29, 1.82) is 0 Å². The Morgan fingerprint density at radius 2 is 2.32 bits per heavy atom. The van der Waals surface area contributed by atoms with Crippen molar-refractivity contribution in [3.05, 3.63) is 29.8 Å². The lowest BCUT2D eigenvalue weighted by molar-refractivity contribution is 0.315. The Morgan fingerprint density at radius 3 is 3.00 bits per heavy atom. The fraction of sp³-hybridized carbons (Fsp3) is 0.533. The highest BCUT2D eigenvalue weighted by Crippen LogP contribution is 2.32. The molecule has 1 aromatic carbocycles. The topological polar surface area (TPSA) is 29.9 Å². The fourth-order valence-electron chi connectivity index (χ4n) is 3.13. The van der Waals surface area contributed by atoms with Crippen LogP contribution in [0.15, 0.2) is 18.2 Å². The van der Waals surface area contributed by atoms with Gasteiger partial charge in [0.2, 0.25) is 0 Å². The molecule has 0 spiro atoms. The molecule has 2 heterocycles. The van der Waals surface area contributed by atoms with Crippen LogP contribution in [0.2, 0.25) is 0 Å². The van der Waals surface area contributed by atoms with Gasteiger partial charge in [-0.2, -0.15) is 0 Å². The molecule has 1 aromatic heterocycles. The lowest BCUT2D eigenvalue weighted by Gasteiger charge is -2.33. The third kappa shape index (κ3) is 2.04. The third-order valence-corrected chi connectivity index (χ3v) is 4.16. The molecule has 2 aromatic rings. The van der Waals surface area contributed by atoms with E-state index < -0.39 is 0 Å². The summed E-state index contributed by atoms with van der Waals surface area (Å²) in [5.41, 5.74) is 1.85. The Kier molecular flexibility index (Phi) is 3.05. The number of nitrogens with one attached hydrogen (secondary N) is 1. The maximum Gasteiger partial charge on any atom is 0.125 e. The largest absolute Gasteiger partial charge is 0.328 e. The second-order valence-electron chi connectivity index (χ2n) is 5.65. The van der Waals surface area contributed by atoms with Gasteiger partial charge < -0.3 is 9.88 Å². The van der Waals surface area contributed by atoms with Gasteiger partial charge in [0.15, 0.2) is 0 Å². The number of piperidine rings is 1. The summed E-state index contributed by atoms with van der Waals surface area (Å²) < 4.78 is 15.6. The first-order valence-electron chi connectivity index (χ1n) is 7.01. The van der Waals surface area contributed by atoms with E-state index in [1.165, 1.54) is 12.1 Å². The molecule has 102 valence electrons. The maximum atomic E-state index is 13.4.